The standard InChI is InChI=1S/CH2O.Na.H2O2S.2H2O.H/c1-2;;1-3-2;;;/h1H2;;1-2H;2*1H2;/q;+1;;;;-1. The molecule has 0 fully saturated rings. The minimum Gasteiger partial charge on any atom is -1.00 e. The van der Waals surface area contributed by atoms with Crippen LogP contribution in [0.5, 0.6) is 0 Å². The molecule has 7 heteroatoms. The van der Waals surface area contributed by atoms with Crippen molar-refractivity contribution in [3.05, 3.63) is 0 Å². The molecule has 0 atom stereocenters. The largest absolute Gasteiger partial charge is 1.00 e. The van der Waals surface area contributed by atoms with Crippen LogP contribution in [0, 0.1) is 0 Å². The minimum atomic E-state index is -0.250. The molecule has 0 amide bonds. The topological polar surface area (TPSA) is 121 Å². The number of carbonyl (C=O) groups excluding carboxylic acids is 1. The summed E-state index contributed by atoms with van der Waals surface area (Å²) in [6.07, 6.45) is 0. The Kier molecular flexibility index (Phi) is 491. The second kappa shape index (κ2) is 107. The van der Waals surface area contributed by atoms with E-state index < -0.39 is 0 Å². The van der Waals surface area contributed by atoms with Gasteiger partial charge in [-0.2, -0.15) is 0 Å². The molecule has 0 aromatic heterocycles. The normalized spacial score (nSPS) is 2.75. The van der Waals surface area contributed by atoms with Crippen LogP contribution in [-0.2, 0) is 4.79 Å². The van der Waals surface area contributed by atoms with Crippen LogP contribution in [0.25, 0.3) is 0 Å². The van der Waals surface area contributed by atoms with Gasteiger partial charge < -0.3 is 26.3 Å². The molecule has 0 saturated heterocycles. The Bertz CT molecular complexity index is 20.9. The van der Waals surface area contributed by atoms with Crippen molar-refractivity contribution in [3.8, 4) is 0 Å². The summed E-state index contributed by atoms with van der Waals surface area (Å²) in [5, 5.41) is 0. The fourth-order valence-electron chi connectivity index (χ4n) is 0. The van der Waals surface area contributed by atoms with Crippen LogP contribution in [0.4, 0.5) is 0 Å². The first-order valence-corrected chi connectivity index (χ1v) is 1.38. The van der Waals surface area contributed by atoms with Crippen LogP contribution < -0.4 is 29.6 Å². The second-order valence-corrected chi connectivity index (χ2v) is 0.245. The molecule has 0 heterocycles. The van der Waals surface area contributed by atoms with Gasteiger partial charge in [0, 0.05) is 0 Å². The molecule has 5 nitrogen and oxygen atoms in total. The average Bonchev–Trinajstić information content (AvgIpc) is 1.46. The summed E-state index contributed by atoms with van der Waals surface area (Å²) < 4.78 is 14.1. The molecule has 0 spiro atoms. The predicted octanol–water partition coefficient (Wildman–Crippen LogP) is -4.05. The third-order valence-electron chi connectivity index (χ3n) is 0. The summed E-state index contributed by atoms with van der Waals surface area (Å²) in [5.41, 5.74) is 0. The predicted molar refractivity (Wildman–Crippen MR) is 28.3 cm³/mol. The smallest absolute Gasteiger partial charge is 1.00 e. The summed E-state index contributed by atoms with van der Waals surface area (Å²) in [4.78, 5) is 8.00. The molecule has 0 radical (unpaired) electrons. The van der Waals surface area contributed by atoms with E-state index in [1.807, 2.05) is 6.79 Å². The zero-order valence-electron chi connectivity index (χ0n) is 5.42. The second-order valence-electron chi connectivity index (χ2n) is 0.0816. The zero-order chi connectivity index (χ0) is 4.71. The van der Waals surface area contributed by atoms with Crippen LogP contribution in [0.1, 0.15) is 1.43 Å². The summed E-state index contributed by atoms with van der Waals surface area (Å²) in [6, 6.07) is 0. The van der Waals surface area contributed by atoms with Crippen molar-refractivity contribution in [1.82, 2.24) is 0 Å². The van der Waals surface area contributed by atoms with Crippen LogP contribution in [0.2, 0.25) is 0 Å². The Hall–Kier alpha value is 0.860. The fraction of sp³-hybridized carbons (Fsp3) is 0. The third kappa shape index (κ3) is 319. The average molecular weight is 156 g/mol. The van der Waals surface area contributed by atoms with Crippen LogP contribution in [0.3, 0.4) is 0 Å². The first-order chi connectivity index (χ1) is 2.41. The molecule has 6 N–H and O–H groups in total. The number of rotatable bonds is 0. The molecule has 0 aromatic carbocycles. The van der Waals surface area contributed by atoms with E-state index in [0.717, 1.165) is 0 Å². The van der Waals surface area contributed by atoms with E-state index in [1.54, 1.807) is 0 Å². The van der Waals surface area contributed by atoms with Gasteiger partial charge >= 0.3 is 29.6 Å². The van der Waals surface area contributed by atoms with Crippen molar-refractivity contribution >= 4 is 19.1 Å². The van der Waals surface area contributed by atoms with Gasteiger partial charge in [0.15, 0.2) is 12.3 Å². The maximum Gasteiger partial charge on any atom is 1.00 e. The maximum atomic E-state index is 8.00. The van der Waals surface area contributed by atoms with Crippen molar-refractivity contribution in [2.45, 2.75) is 0 Å². The molecular weight excluding hydrogens is 147 g/mol. The molecule has 0 aliphatic carbocycles. The molecule has 0 aromatic rings. The van der Waals surface area contributed by atoms with Gasteiger partial charge in [0.1, 0.15) is 6.79 Å². The van der Waals surface area contributed by atoms with Crippen molar-refractivity contribution < 1.29 is 55.8 Å². The van der Waals surface area contributed by atoms with Crippen molar-refractivity contribution in [1.29, 1.82) is 0 Å². The number of hydrogen-bond acceptors (Lipinski definition) is 4. The van der Waals surface area contributed by atoms with Gasteiger partial charge in [-0.1, -0.05) is 0 Å². The van der Waals surface area contributed by atoms with Gasteiger partial charge in [-0.05, 0) is 0 Å². The van der Waals surface area contributed by atoms with Crippen molar-refractivity contribution in [2.75, 3.05) is 0 Å². The van der Waals surface area contributed by atoms with Gasteiger partial charge in [-0.3, -0.25) is 0 Å². The van der Waals surface area contributed by atoms with E-state index in [9.17, 15) is 0 Å². The minimum absolute atomic E-state index is 0. The summed E-state index contributed by atoms with van der Waals surface area (Å²) >= 11 is -0.250. The number of hydrogen-bond donors (Lipinski definition) is 2. The first-order valence-electron chi connectivity index (χ1n) is 0.654. The zero-order valence-corrected chi connectivity index (χ0v) is 7.23. The Labute approximate surface area is 74.9 Å². The molecule has 0 saturated carbocycles. The quantitative estimate of drug-likeness (QED) is 0.274. The first kappa shape index (κ1) is 36.7. The van der Waals surface area contributed by atoms with Crippen LogP contribution >= 0.6 is 12.3 Å². The van der Waals surface area contributed by atoms with E-state index in [0.29, 0.717) is 0 Å². The molecule has 0 rings (SSSR count). The van der Waals surface area contributed by atoms with Gasteiger partial charge in [-0.25, -0.2) is 0 Å². The molecule has 0 aliphatic rings. The summed E-state index contributed by atoms with van der Waals surface area (Å²) in [7, 11) is 0. The molecule has 0 bridgehead atoms. The van der Waals surface area contributed by atoms with E-state index in [2.05, 4.69) is 0 Å². The Morgan fingerprint density at radius 1 is 1.25 bits per heavy atom. The Morgan fingerprint density at radius 3 is 1.25 bits per heavy atom. The van der Waals surface area contributed by atoms with Crippen molar-refractivity contribution in [3.63, 3.8) is 0 Å². The maximum absolute atomic E-state index is 8.00. The molecule has 0 unspecified atom stereocenters. The monoisotopic (exact) mass is 156 g/mol. The summed E-state index contributed by atoms with van der Waals surface area (Å²) in [6.45, 7) is 2.00. The Morgan fingerprint density at radius 2 is 1.25 bits per heavy atom. The van der Waals surface area contributed by atoms with Gasteiger partial charge in [0.05, 0.1) is 0 Å². The van der Waals surface area contributed by atoms with E-state index >= 15 is 0 Å². The molecule has 0 aliphatic heterocycles. The van der Waals surface area contributed by atoms with Gasteiger partial charge in [0.2, 0.25) is 0 Å². The van der Waals surface area contributed by atoms with Gasteiger partial charge in [0.25, 0.3) is 0 Å². The molecule has 8 heavy (non-hydrogen) atoms. The van der Waals surface area contributed by atoms with E-state index in [-0.39, 0.29) is 54.3 Å². The third-order valence-corrected chi connectivity index (χ3v) is 0. The molecule has 50 valence electrons. The SMILES string of the molecule is C=O.O.O.OSO.[H-].[Na+]. The summed E-state index contributed by atoms with van der Waals surface area (Å²) in [5.74, 6) is 0. The number of carbonyl (C=O) groups is 1. The van der Waals surface area contributed by atoms with E-state index in [1.165, 1.54) is 0 Å². The van der Waals surface area contributed by atoms with Gasteiger partial charge in [-0.15, -0.1) is 0 Å². The van der Waals surface area contributed by atoms with Crippen molar-refractivity contribution in [2.24, 2.45) is 0 Å². The Balaban J connectivity index is -0.00000000357. The van der Waals surface area contributed by atoms with Crippen LogP contribution in [-0.4, -0.2) is 26.8 Å². The van der Waals surface area contributed by atoms with E-state index in [4.69, 9.17) is 13.9 Å². The van der Waals surface area contributed by atoms with Crippen LogP contribution in [0.15, 0.2) is 0 Å². The fourth-order valence-corrected chi connectivity index (χ4v) is 0. The molecular formula is CH9NaO5S.